The Labute approximate surface area is 159 Å². The van der Waals surface area contributed by atoms with Crippen molar-refractivity contribution in [2.45, 2.75) is 13.8 Å². The van der Waals surface area contributed by atoms with Crippen LogP contribution in [0.5, 0.6) is 0 Å². The van der Waals surface area contributed by atoms with Gasteiger partial charge in [-0.3, -0.25) is 4.98 Å². The highest BCUT2D eigenvalue weighted by molar-refractivity contribution is 6.09. The fraction of sp³-hybridized carbons (Fsp3) is 0.0800. The number of hydrogen-bond acceptors (Lipinski definition) is 1. The van der Waals surface area contributed by atoms with E-state index in [0.29, 0.717) is 0 Å². The summed E-state index contributed by atoms with van der Waals surface area (Å²) in [6.45, 7) is 4.00. The van der Waals surface area contributed by atoms with Crippen LogP contribution in [-0.4, -0.2) is 9.55 Å². The average molecular weight is 350 g/mol. The zero-order valence-corrected chi connectivity index (χ0v) is 15.6. The maximum atomic E-state index is 4.16. The summed E-state index contributed by atoms with van der Waals surface area (Å²) in [5.41, 5.74) is 6.02. The monoisotopic (exact) mass is 350 g/mol. The van der Waals surface area contributed by atoms with E-state index < -0.39 is 0 Å². The minimum absolute atomic E-state index is 1.17. The van der Waals surface area contributed by atoms with Crippen LogP contribution in [0.15, 0.2) is 97.3 Å². The number of fused-ring (bicyclic) bond motifs is 3. The summed E-state index contributed by atoms with van der Waals surface area (Å²) in [5.74, 6) is 0. The van der Waals surface area contributed by atoms with Crippen molar-refractivity contribution >= 4 is 21.8 Å². The van der Waals surface area contributed by atoms with E-state index in [1.54, 1.807) is 0 Å². The molecule has 27 heavy (non-hydrogen) atoms. The van der Waals surface area contributed by atoms with E-state index in [1.165, 1.54) is 38.6 Å². The van der Waals surface area contributed by atoms with E-state index in [0.717, 1.165) is 0 Å². The second kappa shape index (κ2) is 7.46. The molecule has 0 spiro atoms. The van der Waals surface area contributed by atoms with Gasteiger partial charge in [-0.2, -0.15) is 0 Å². The molecule has 3 aromatic carbocycles. The van der Waals surface area contributed by atoms with Crippen LogP contribution in [-0.2, 0) is 0 Å². The van der Waals surface area contributed by atoms with Crippen molar-refractivity contribution in [1.82, 2.24) is 9.55 Å². The maximum Gasteiger partial charge on any atom is 0.0541 e. The number of nitrogens with zero attached hydrogens (tertiary/aromatic N) is 2. The zero-order valence-electron chi connectivity index (χ0n) is 15.6. The van der Waals surface area contributed by atoms with Crippen molar-refractivity contribution in [1.29, 1.82) is 0 Å². The third-order valence-electron chi connectivity index (χ3n) is 4.72. The fourth-order valence-corrected chi connectivity index (χ4v) is 3.63. The van der Waals surface area contributed by atoms with Crippen LogP contribution in [0.1, 0.15) is 13.8 Å². The maximum absolute atomic E-state index is 4.16. The third-order valence-corrected chi connectivity index (χ3v) is 4.72. The van der Waals surface area contributed by atoms with Gasteiger partial charge in [-0.05, 0) is 35.9 Å². The van der Waals surface area contributed by atoms with Crippen LogP contribution in [0.4, 0.5) is 0 Å². The smallest absolute Gasteiger partial charge is 0.0541 e. The van der Waals surface area contributed by atoms with Gasteiger partial charge in [-0.1, -0.05) is 68.4 Å². The van der Waals surface area contributed by atoms with Crippen molar-refractivity contribution in [3.8, 4) is 16.8 Å². The largest absolute Gasteiger partial charge is 0.309 e. The number of pyridine rings is 1. The molecule has 0 amide bonds. The minimum Gasteiger partial charge on any atom is -0.309 e. The molecule has 5 rings (SSSR count). The topological polar surface area (TPSA) is 17.8 Å². The summed E-state index contributed by atoms with van der Waals surface area (Å²) in [4.78, 5) is 4.16. The number of aromatic nitrogens is 2. The standard InChI is InChI=1S/C23H16N2.C2H6/c1-4-10-21(18(7-1)17-13-15-24-16-14-17)25-22-11-5-2-8-19(22)20-9-3-6-12-23(20)25;1-2/h1-16H;1-2H3. The Morgan fingerprint density at radius 1 is 0.593 bits per heavy atom. The number of rotatable bonds is 2. The summed E-state index contributed by atoms with van der Waals surface area (Å²) >= 11 is 0. The molecule has 0 saturated carbocycles. The van der Waals surface area contributed by atoms with Crippen molar-refractivity contribution in [2.24, 2.45) is 0 Å². The van der Waals surface area contributed by atoms with Crippen molar-refractivity contribution in [2.75, 3.05) is 0 Å². The van der Waals surface area contributed by atoms with Gasteiger partial charge in [-0.15, -0.1) is 0 Å². The van der Waals surface area contributed by atoms with Crippen molar-refractivity contribution < 1.29 is 0 Å². The molecule has 0 aliphatic heterocycles. The van der Waals surface area contributed by atoms with Gasteiger partial charge < -0.3 is 4.57 Å². The average Bonchev–Trinajstić information content (AvgIpc) is 3.10. The summed E-state index contributed by atoms with van der Waals surface area (Å²) in [5, 5.41) is 2.56. The van der Waals surface area contributed by atoms with Crippen LogP contribution in [0.2, 0.25) is 0 Å². The lowest BCUT2D eigenvalue weighted by atomic mass is 10.0. The van der Waals surface area contributed by atoms with Crippen LogP contribution in [0.25, 0.3) is 38.6 Å². The SMILES string of the molecule is CC.c1ccc(-n2c3ccccc3c3ccccc32)c(-c2ccncc2)c1. The Balaban J connectivity index is 0.000000872. The van der Waals surface area contributed by atoms with Crippen LogP contribution in [0, 0.1) is 0 Å². The molecule has 2 heteroatoms. The molecule has 0 aliphatic rings. The molecule has 0 fully saturated rings. The predicted octanol–water partition coefficient (Wildman–Crippen LogP) is 6.87. The number of benzene rings is 3. The van der Waals surface area contributed by atoms with E-state index in [-0.39, 0.29) is 0 Å². The summed E-state index contributed by atoms with van der Waals surface area (Å²) in [6, 6.07) is 29.9. The van der Waals surface area contributed by atoms with E-state index in [2.05, 4.69) is 94.5 Å². The Morgan fingerprint density at radius 2 is 1.11 bits per heavy atom. The van der Waals surface area contributed by atoms with Gasteiger partial charge >= 0.3 is 0 Å². The second-order valence-electron chi connectivity index (χ2n) is 6.12. The molecular weight excluding hydrogens is 328 g/mol. The second-order valence-corrected chi connectivity index (χ2v) is 6.12. The Kier molecular flexibility index (Phi) is 4.71. The highest BCUT2D eigenvalue weighted by atomic mass is 15.0. The lowest BCUT2D eigenvalue weighted by molar-refractivity contribution is 1.18. The molecular formula is C25H22N2. The molecule has 2 heterocycles. The van der Waals surface area contributed by atoms with Crippen molar-refractivity contribution in [3.05, 3.63) is 97.3 Å². The Hall–Kier alpha value is -3.39. The van der Waals surface area contributed by atoms with Crippen LogP contribution < -0.4 is 0 Å². The van der Waals surface area contributed by atoms with Gasteiger partial charge in [0.15, 0.2) is 0 Å². The highest BCUT2D eigenvalue weighted by Crippen LogP contribution is 2.35. The van der Waals surface area contributed by atoms with E-state index >= 15 is 0 Å². The van der Waals surface area contributed by atoms with Gasteiger partial charge in [0, 0.05) is 28.7 Å². The molecule has 0 saturated heterocycles. The summed E-state index contributed by atoms with van der Waals surface area (Å²) in [7, 11) is 0. The Morgan fingerprint density at radius 3 is 1.74 bits per heavy atom. The molecule has 0 N–H and O–H groups in total. The van der Waals surface area contributed by atoms with Gasteiger partial charge in [-0.25, -0.2) is 0 Å². The first kappa shape index (κ1) is 17.0. The third kappa shape index (κ3) is 2.89. The van der Waals surface area contributed by atoms with Crippen LogP contribution in [0.3, 0.4) is 0 Å². The molecule has 132 valence electrons. The minimum atomic E-state index is 1.17. The molecule has 0 atom stereocenters. The highest BCUT2D eigenvalue weighted by Gasteiger charge is 2.14. The van der Waals surface area contributed by atoms with E-state index in [1.807, 2.05) is 26.2 Å². The predicted molar refractivity (Wildman–Crippen MR) is 115 cm³/mol. The fourth-order valence-electron chi connectivity index (χ4n) is 3.63. The Bertz CT molecular complexity index is 1130. The van der Waals surface area contributed by atoms with Gasteiger partial charge in [0.2, 0.25) is 0 Å². The first-order valence-electron chi connectivity index (χ1n) is 9.41. The van der Waals surface area contributed by atoms with Crippen LogP contribution >= 0.6 is 0 Å². The van der Waals surface area contributed by atoms with E-state index in [4.69, 9.17) is 0 Å². The quantitative estimate of drug-likeness (QED) is 0.339. The molecule has 0 aliphatic carbocycles. The van der Waals surface area contributed by atoms with E-state index in [9.17, 15) is 0 Å². The molecule has 2 nitrogen and oxygen atoms in total. The molecule has 0 radical (unpaired) electrons. The van der Waals surface area contributed by atoms with Gasteiger partial charge in [0.25, 0.3) is 0 Å². The van der Waals surface area contributed by atoms with Crippen molar-refractivity contribution in [3.63, 3.8) is 0 Å². The van der Waals surface area contributed by atoms with Gasteiger partial charge in [0.05, 0.1) is 16.7 Å². The summed E-state index contributed by atoms with van der Waals surface area (Å²) < 4.78 is 2.36. The molecule has 0 bridgehead atoms. The molecule has 2 aromatic heterocycles. The normalized spacial score (nSPS) is 10.6. The molecule has 5 aromatic rings. The zero-order chi connectivity index (χ0) is 18.6. The molecule has 0 unspecified atom stereocenters. The summed E-state index contributed by atoms with van der Waals surface area (Å²) in [6.07, 6.45) is 3.69. The lowest BCUT2D eigenvalue weighted by Crippen LogP contribution is -1.96. The first-order chi connectivity index (χ1) is 13.4. The number of para-hydroxylation sites is 3. The lowest BCUT2D eigenvalue weighted by Gasteiger charge is -2.13. The van der Waals surface area contributed by atoms with Gasteiger partial charge in [0.1, 0.15) is 0 Å². The number of hydrogen-bond donors (Lipinski definition) is 0. The first-order valence-corrected chi connectivity index (χ1v) is 9.41.